The zero-order valence-electron chi connectivity index (χ0n) is 9.85. The van der Waals surface area contributed by atoms with E-state index >= 15 is 0 Å². The molecule has 0 spiro atoms. The molecule has 0 aliphatic rings. The van der Waals surface area contributed by atoms with Gasteiger partial charge in [-0.3, -0.25) is 0 Å². The van der Waals surface area contributed by atoms with E-state index < -0.39 is 0 Å². The van der Waals surface area contributed by atoms with Crippen LogP contribution in [-0.2, 0) is 9.47 Å². The SMILES string of the molecule is COCCN(CCOC)c1ccnc(N)c1. The van der Waals surface area contributed by atoms with E-state index in [1.54, 1.807) is 20.4 Å². The smallest absolute Gasteiger partial charge is 0.125 e. The quantitative estimate of drug-likeness (QED) is 0.742. The second kappa shape index (κ2) is 7.03. The van der Waals surface area contributed by atoms with E-state index in [9.17, 15) is 0 Å². The molecule has 16 heavy (non-hydrogen) atoms. The standard InChI is InChI=1S/C11H19N3O2/c1-15-7-5-14(6-8-16-2)10-3-4-13-11(12)9-10/h3-4,9H,5-8H2,1-2H3,(H2,12,13). The highest BCUT2D eigenvalue weighted by Gasteiger charge is 2.06. The number of hydrogen-bond donors (Lipinski definition) is 1. The number of hydrogen-bond acceptors (Lipinski definition) is 5. The molecule has 1 rings (SSSR count). The summed E-state index contributed by atoms with van der Waals surface area (Å²) >= 11 is 0. The zero-order valence-corrected chi connectivity index (χ0v) is 9.85. The van der Waals surface area contributed by atoms with Gasteiger partial charge in [0, 0.05) is 45.3 Å². The topological polar surface area (TPSA) is 60.6 Å². The lowest BCUT2D eigenvalue weighted by Gasteiger charge is -2.24. The van der Waals surface area contributed by atoms with Crippen molar-refractivity contribution in [2.75, 3.05) is 51.2 Å². The van der Waals surface area contributed by atoms with Gasteiger partial charge in [-0.15, -0.1) is 0 Å². The van der Waals surface area contributed by atoms with Gasteiger partial charge in [-0.25, -0.2) is 4.98 Å². The molecule has 0 saturated heterocycles. The molecule has 0 aliphatic heterocycles. The number of ether oxygens (including phenoxy) is 2. The highest BCUT2D eigenvalue weighted by molar-refractivity contribution is 5.51. The van der Waals surface area contributed by atoms with E-state index in [-0.39, 0.29) is 0 Å². The molecule has 0 atom stereocenters. The molecule has 0 aliphatic carbocycles. The fourth-order valence-corrected chi connectivity index (χ4v) is 1.41. The maximum Gasteiger partial charge on any atom is 0.125 e. The first-order chi connectivity index (χ1) is 7.77. The number of nitrogens with two attached hydrogens (primary N) is 1. The third-order valence-electron chi connectivity index (χ3n) is 2.26. The van der Waals surface area contributed by atoms with Gasteiger partial charge < -0.3 is 20.1 Å². The largest absolute Gasteiger partial charge is 0.384 e. The van der Waals surface area contributed by atoms with Crippen LogP contribution in [0.4, 0.5) is 11.5 Å². The molecule has 1 aromatic heterocycles. The molecule has 5 nitrogen and oxygen atoms in total. The van der Waals surface area contributed by atoms with Crippen molar-refractivity contribution in [3.8, 4) is 0 Å². The monoisotopic (exact) mass is 225 g/mol. The molecule has 0 unspecified atom stereocenters. The van der Waals surface area contributed by atoms with E-state index in [1.807, 2.05) is 12.1 Å². The van der Waals surface area contributed by atoms with Crippen molar-refractivity contribution in [3.05, 3.63) is 18.3 Å². The van der Waals surface area contributed by atoms with Crippen LogP contribution in [0.25, 0.3) is 0 Å². The average Bonchev–Trinajstić information content (AvgIpc) is 2.29. The van der Waals surface area contributed by atoms with Gasteiger partial charge in [-0.05, 0) is 6.07 Å². The third-order valence-corrected chi connectivity index (χ3v) is 2.26. The summed E-state index contributed by atoms with van der Waals surface area (Å²) in [5.74, 6) is 0.525. The number of rotatable bonds is 7. The summed E-state index contributed by atoms with van der Waals surface area (Å²) in [7, 11) is 3.38. The molecule has 0 fully saturated rings. The van der Waals surface area contributed by atoms with Crippen LogP contribution in [0.2, 0.25) is 0 Å². The van der Waals surface area contributed by atoms with E-state index in [1.165, 1.54) is 0 Å². The molecule has 5 heteroatoms. The Kier molecular flexibility index (Phi) is 5.60. The van der Waals surface area contributed by atoms with Crippen molar-refractivity contribution in [2.45, 2.75) is 0 Å². The fourth-order valence-electron chi connectivity index (χ4n) is 1.41. The predicted octanol–water partition coefficient (Wildman–Crippen LogP) is 0.763. The normalized spacial score (nSPS) is 10.4. The summed E-state index contributed by atoms with van der Waals surface area (Å²) < 4.78 is 10.1. The Hall–Kier alpha value is -1.33. The lowest BCUT2D eigenvalue weighted by atomic mass is 10.3. The van der Waals surface area contributed by atoms with E-state index in [0.29, 0.717) is 19.0 Å². The van der Waals surface area contributed by atoms with Crippen molar-refractivity contribution in [1.82, 2.24) is 4.98 Å². The van der Waals surface area contributed by atoms with E-state index in [4.69, 9.17) is 15.2 Å². The molecule has 0 bridgehead atoms. The maximum absolute atomic E-state index is 5.65. The molecule has 0 saturated carbocycles. The molecule has 1 heterocycles. The second-order valence-electron chi connectivity index (χ2n) is 3.41. The average molecular weight is 225 g/mol. The molecule has 0 radical (unpaired) electrons. The van der Waals surface area contributed by atoms with Crippen molar-refractivity contribution >= 4 is 11.5 Å². The summed E-state index contributed by atoms with van der Waals surface area (Å²) in [6.07, 6.45) is 1.71. The van der Waals surface area contributed by atoms with Crippen LogP contribution in [0.15, 0.2) is 18.3 Å². The predicted molar refractivity (Wildman–Crippen MR) is 64.6 cm³/mol. The van der Waals surface area contributed by atoms with Crippen molar-refractivity contribution in [3.63, 3.8) is 0 Å². The van der Waals surface area contributed by atoms with Gasteiger partial charge in [0.1, 0.15) is 5.82 Å². The lowest BCUT2D eigenvalue weighted by molar-refractivity contribution is 0.190. The Morgan fingerprint density at radius 3 is 2.38 bits per heavy atom. The van der Waals surface area contributed by atoms with Crippen molar-refractivity contribution in [1.29, 1.82) is 0 Å². The van der Waals surface area contributed by atoms with Gasteiger partial charge in [-0.2, -0.15) is 0 Å². The van der Waals surface area contributed by atoms with Crippen LogP contribution in [-0.4, -0.2) is 45.5 Å². The van der Waals surface area contributed by atoms with Crippen LogP contribution < -0.4 is 10.6 Å². The van der Waals surface area contributed by atoms with Crippen LogP contribution in [0, 0.1) is 0 Å². The van der Waals surface area contributed by atoms with Gasteiger partial charge in [0.05, 0.1) is 13.2 Å². The molecule has 0 aromatic carbocycles. The first-order valence-corrected chi connectivity index (χ1v) is 5.22. The third kappa shape index (κ3) is 4.04. The highest BCUT2D eigenvalue weighted by atomic mass is 16.5. The van der Waals surface area contributed by atoms with Gasteiger partial charge >= 0.3 is 0 Å². The van der Waals surface area contributed by atoms with Gasteiger partial charge in [0.15, 0.2) is 0 Å². The number of aromatic nitrogens is 1. The first kappa shape index (κ1) is 12.7. The molecular formula is C11H19N3O2. The summed E-state index contributed by atoms with van der Waals surface area (Å²) in [4.78, 5) is 6.13. The molecule has 90 valence electrons. The van der Waals surface area contributed by atoms with Crippen molar-refractivity contribution < 1.29 is 9.47 Å². The van der Waals surface area contributed by atoms with Gasteiger partial charge in [0.2, 0.25) is 0 Å². The van der Waals surface area contributed by atoms with Crippen LogP contribution in [0.5, 0.6) is 0 Å². The number of pyridine rings is 1. The minimum absolute atomic E-state index is 0.525. The Balaban J connectivity index is 2.66. The minimum Gasteiger partial charge on any atom is -0.384 e. The summed E-state index contributed by atoms with van der Waals surface area (Å²) in [5, 5.41) is 0. The lowest BCUT2D eigenvalue weighted by Crippen LogP contribution is -2.30. The van der Waals surface area contributed by atoms with Crippen molar-refractivity contribution in [2.24, 2.45) is 0 Å². The van der Waals surface area contributed by atoms with E-state index in [2.05, 4.69) is 9.88 Å². The second-order valence-corrected chi connectivity index (χ2v) is 3.41. The number of methoxy groups -OCH3 is 2. The minimum atomic E-state index is 0.525. The molecule has 2 N–H and O–H groups in total. The van der Waals surface area contributed by atoms with E-state index in [0.717, 1.165) is 18.8 Å². The molecular weight excluding hydrogens is 206 g/mol. The molecule has 1 aromatic rings. The highest BCUT2D eigenvalue weighted by Crippen LogP contribution is 2.14. The zero-order chi connectivity index (χ0) is 11.8. The van der Waals surface area contributed by atoms with Gasteiger partial charge in [0.25, 0.3) is 0 Å². The summed E-state index contributed by atoms with van der Waals surface area (Å²) in [6, 6.07) is 3.78. The first-order valence-electron chi connectivity index (χ1n) is 5.22. The Morgan fingerprint density at radius 1 is 1.25 bits per heavy atom. The number of nitrogen functional groups attached to an aromatic ring is 1. The summed E-state index contributed by atoms with van der Waals surface area (Å²) in [5.41, 5.74) is 6.70. The Labute approximate surface area is 96.2 Å². The molecule has 0 amide bonds. The maximum atomic E-state index is 5.65. The summed E-state index contributed by atoms with van der Waals surface area (Å²) in [6.45, 7) is 2.96. The number of anilines is 2. The number of nitrogens with zero attached hydrogens (tertiary/aromatic N) is 2. The Morgan fingerprint density at radius 2 is 1.88 bits per heavy atom. The fraction of sp³-hybridized carbons (Fsp3) is 0.545. The van der Waals surface area contributed by atoms with Crippen LogP contribution in [0.1, 0.15) is 0 Å². The van der Waals surface area contributed by atoms with Crippen LogP contribution >= 0.6 is 0 Å². The van der Waals surface area contributed by atoms with Gasteiger partial charge in [-0.1, -0.05) is 0 Å². The Bertz CT molecular complexity index is 299. The van der Waals surface area contributed by atoms with Crippen LogP contribution in [0.3, 0.4) is 0 Å².